The minimum absolute atomic E-state index is 0.711. The highest BCUT2D eigenvalue weighted by Gasteiger charge is 2.16. The van der Waals surface area contributed by atoms with Crippen molar-refractivity contribution < 1.29 is 0 Å². The highest BCUT2D eigenvalue weighted by molar-refractivity contribution is 5.79. The number of aromatic nitrogens is 2. The average Bonchev–Trinajstić information content (AvgIpc) is 3.01. The van der Waals surface area contributed by atoms with Gasteiger partial charge in [-0.15, -0.1) is 0 Å². The second-order valence-electron chi connectivity index (χ2n) is 5.67. The summed E-state index contributed by atoms with van der Waals surface area (Å²) in [5, 5.41) is 13.5. The molecule has 6 heteroatoms. The molecule has 0 spiro atoms. The van der Waals surface area contributed by atoms with E-state index in [1.807, 2.05) is 6.07 Å². The number of likely N-dealkylation sites (tertiary alicyclic amines) is 1. The third kappa shape index (κ3) is 5.38. The molecule has 2 rings (SSSR count). The van der Waals surface area contributed by atoms with E-state index < -0.39 is 0 Å². The smallest absolute Gasteiger partial charge is 0.191 e. The Bertz CT molecular complexity index is 414. The molecule has 0 aliphatic carbocycles. The summed E-state index contributed by atoms with van der Waals surface area (Å²) in [6.07, 6.45) is 6.99. The van der Waals surface area contributed by atoms with Gasteiger partial charge in [-0.05, 0) is 38.8 Å². The van der Waals surface area contributed by atoms with Gasteiger partial charge in [-0.25, -0.2) is 0 Å². The average molecular weight is 292 g/mol. The normalized spacial score (nSPS) is 20.5. The Morgan fingerprint density at radius 1 is 1.48 bits per heavy atom. The lowest BCUT2D eigenvalue weighted by molar-refractivity contribution is 0.159. The zero-order valence-electron chi connectivity index (χ0n) is 13.2. The molecule has 1 saturated heterocycles. The first kappa shape index (κ1) is 15.8. The largest absolute Gasteiger partial charge is 0.356 e. The van der Waals surface area contributed by atoms with Gasteiger partial charge in [0.2, 0.25) is 0 Å². The minimum atomic E-state index is 0.711. The Labute approximate surface area is 127 Å². The molecule has 3 N–H and O–H groups in total. The molecule has 118 valence electrons. The van der Waals surface area contributed by atoms with Crippen molar-refractivity contribution in [3.63, 3.8) is 0 Å². The maximum atomic E-state index is 4.23. The van der Waals surface area contributed by atoms with Gasteiger partial charge in [-0.2, -0.15) is 5.10 Å². The van der Waals surface area contributed by atoms with E-state index in [4.69, 9.17) is 0 Å². The molecule has 1 aliphatic heterocycles. The molecule has 0 bridgehead atoms. The Balaban J connectivity index is 1.60. The van der Waals surface area contributed by atoms with Crippen LogP contribution in [-0.4, -0.2) is 53.8 Å². The molecule has 1 unspecified atom stereocenters. The van der Waals surface area contributed by atoms with Gasteiger partial charge in [-0.3, -0.25) is 10.1 Å². The first-order valence-corrected chi connectivity index (χ1v) is 7.96. The molecular weight excluding hydrogens is 264 g/mol. The van der Waals surface area contributed by atoms with Crippen LogP contribution in [0.1, 0.15) is 38.3 Å². The second kappa shape index (κ2) is 8.67. The number of piperidine rings is 1. The first-order chi connectivity index (χ1) is 10.3. The second-order valence-corrected chi connectivity index (χ2v) is 5.67. The van der Waals surface area contributed by atoms with Gasteiger partial charge in [0.1, 0.15) is 0 Å². The number of nitrogens with zero attached hydrogens (tertiary/aromatic N) is 3. The molecule has 21 heavy (non-hydrogen) atoms. The van der Waals surface area contributed by atoms with Gasteiger partial charge in [0.25, 0.3) is 0 Å². The van der Waals surface area contributed by atoms with E-state index in [1.165, 1.54) is 32.4 Å². The lowest BCUT2D eigenvalue weighted by Crippen LogP contribution is -2.41. The van der Waals surface area contributed by atoms with Crippen LogP contribution in [0, 0.1) is 0 Å². The first-order valence-electron chi connectivity index (χ1n) is 7.96. The topological polar surface area (TPSA) is 68.3 Å². The van der Waals surface area contributed by atoms with Gasteiger partial charge >= 0.3 is 0 Å². The number of hydrogen-bond acceptors (Lipinski definition) is 3. The van der Waals surface area contributed by atoms with E-state index >= 15 is 0 Å². The van der Waals surface area contributed by atoms with Gasteiger partial charge in [0.15, 0.2) is 5.96 Å². The standard InChI is InChI=1S/C15H28N6/c1-13-6-3-4-10-21(13)11-5-8-17-15(16-2)18-12-14-7-9-19-20-14/h7,9,13H,3-6,8,10-12H2,1-2H3,(H,19,20)(H2,16,17,18). The van der Waals surface area contributed by atoms with E-state index in [-0.39, 0.29) is 0 Å². The van der Waals surface area contributed by atoms with Crippen LogP contribution in [-0.2, 0) is 6.54 Å². The monoisotopic (exact) mass is 292 g/mol. The summed E-state index contributed by atoms with van der Waals surface area (Å²) in [7, 11) is 1.80. The van der Waals surface area contributed by atoms with Crippen LogP contribution >= 0.6 is 0 Å². The fourth-order valence-electron chi connectivity index (χ4n) is 2.76. The Morgan fingerprint density at radius 3 is 3.10 bits per heavy atom. The molecular formula is C15H28N6. The fourth-order valence-corrected chi connectivity index (χ4v) is 2.76. The van der Waals surface area contributed by atoms with Gasteiger partial charge < -0.3 is 15.5 Å². The Hall–Kier alpha value is -1.56. The van der Waals surface area contributed by atoms with Crippen molar-refractivity contribution in [2.45, 2.75) is 45.2 Å². The maximum Gasteiger partial charge on any atom is 0.191 e. The third-order valence-electron chi connectivity index (χ3n) is 4.08. The van der Waals surface area contributed by atoms with E-state index in [0.29, 0.717) is 6.54 Å². The lowest BCUT2D eigenvalue weighted by atomic mass is 10.0. The predicted molar refractivity (Wildman–Crippen MR) is 86.3 cm³/mol. The summed E-state index contributed by atoms with van der Waals surface area (Å²) in [5.41, 5.74) is 1.06. The van der Waals surface area contributed by atoms with Crippen LogP contribution < -0.4 is 10.6 Å². The van der Waals surface area contributed by atoms with Crippen molar-refractivity contribution >= 4 is 5.96 Å². The molecule has 0 radical (unpaired) electrons. The van der Waals surface area contributed by atoms with Crippen LogP contribution in [0.4, 0.5) is 0 Å². The number of H-pyrrole nitrogens is 1. The summed E-state index contributed by atoms with van der Waals surface area (Å²) in [4.78, 5) is 6.84. The lowest BCUT2D eigenvalue weighted by Gasteiger charge is -2.33. The van der Waals surface area contributed by atoms with E-state index in [9.17, 15) is 0 Å². The van der Waals surface area contributed by atoms with E-state index in [2.05, 4.69) is 37.6 Å². The summed E-state index contributed by atoms with van der Waals surface area (Å²) in [6.45, 7) is 6.44. The molecule has 1 fully saturated rings. The van der Waals surface area contributed by atoms with Crippen molar-refractivity contribution in [3.05, 3.63) is 18.0 Å². The number of rotatable bonds is 6. The molecule has 0 amide bonds. The summed E-state index contributed by atoms with van der Waals surface area (Å²) >= 11 is 0. The van der Waals surface area contributed by atoms with Crippen LogP contribution in [0.25, 0.3) is 0 Å². The quantitative estimate of drug-likeness (QED) is 0.420. The van der Waals surface area contributed by atoms with Crippen LogP contribution in [0.5, 0.6) is 0 Å². The third-order valence-corrected chi connectivity index (χ3v) is 4.08. The highest BCUT2D eigenvalue weighted by atomic mass is 15.2. The van der Waals surface area contributed by atoms with Crippen molar-refractivity contribution in [1.82, 2.24) is 25.7 Å². The van der Waals surface area contributed by atoms with Crippen LogP contribution in [0.15, 0.2) is 17.3 Å². The summed E-state index contributed by atoms with van der Waals surface area (Å²) in [6, 6.07) is 2.70. The zero-order valence-corrected chi connectivity index (χ0v) is 13.2. The predicted octanol–water partition coefficient (Wildman–Crippen LogP) is 1.34. The van der Waals surface area contributed by atoms with E-state index in [0.717, 1.165) is 30.7 Å². The number of nitrogens with one attached hydrogen (secondary N) is 3. The Kier molecular flexibility index (Phi) is 6.53. The SMILES string of the molecule is CN=C(NCCCN1CCCCC1C)NCc1ccn[nH]1. The fraction of sp³-hybridized carbons (Fsp3) is 0.733. The van der Waals surface area contributed by atoms with Gasteiger partial charge in [-0.1, -0.05) is 6.42 Å². The van der Waals surface area contributed by atoms with Crippen LogP contribution in [0.2, 0.25) is 0 Å². The minimum Gasteiger partial charge on any atom is -0.356 e. The van der Waals surface area contributed by atoms with Crippen molar-refractivity contribution in [2.24, 2.45) is 4.99 Å². The van der Waals surface area contributed by atoms with Gasteiger partial charge in [0, 0.05) is 32.4 Å². The molecule has 0 aromatic carbocycles. The van der Waals surface area contributed by atoms with Crippen LogP contribution in [0.3, 0.4) is 0 Å². The zero-order chi connectivity index (χ0) is 14.9. The molecule has 2 heterocycles. The number of guanidine groups is 1. The van der Waals surface area contributed by atoms with Crippen molar-refractivity contribution in [1.29, 1.82) is 0 Å². The summed E-state index contributed by atoms with van der Waals surface area (Å²) in [5.74, 6) is 0.844. The van der Waals surface area contributed by atoms with Crippen molar-refractivity contribution in [2.75, 3.05) is 26.7 Å². The molecule has 0 saturated carbocycles. The summed E-state index contributed by atoms with van der Waals surface area (Å²) < 4.78 is 0. The molecule has 1 aromatic heterocycles. The molecule has 1 atom stereocenters. The number of hydrogen-bond donors (Lipinski definition) is 3. The molecule has 1 aliphatic rings. The van der Waals surface area contributed by atoms with Crippen molar-refractivity contribution in [3.8, 4) is 0 Å². The van der Waals surface area contributed by atoms with Gasteiger partial charge in [0.05, 0.1) is 12.2 Å². The number of aromatic amines is 1. The Morgan fingerprint density at radius 2 is 2.38 bits per heavy atom. The molecule has 1 aromatic rings. The maximum absolute atomic E-state index is 4.23. The van der Waals surface area contributed by atoms with E-state index in [1.54, 1.807) is 13.2 Å². The molecule has 6 nitrogen and oxygen atoms in total. The number of aliphatic imine (C=N–C) groups is 1. The highest BCUT2D eigenvalue weighted by Crippen LogP contribution is 2.15.